The molecular formula is C9H8O. The summed E-state index contributed by atoms with van der Waals surface area (Å²) in [6.07, 6.45) is 11.0. The quantitative estimate of drug-likeness (QED) is 0.532. The highest BCUT2D eigenvalue weighted by molar-refractivity contribution is 5.38. The van der Waals surface area contributed by atoms with Crippen LogP contribution in [0.4, 0.5) is 0 Å². The van der Waals surface area contributed by atoms with E-state index in [1.54, 1.807) is 12.5 Å². The fourth-order valence-electron chi connectivity index (χ4n) is 1.18. The molecule has 10 heavy (non-hydrogen) atoms. The van der Waals surface area contributed by atoms with E-state index in [0.717, 1.165) is 18.4 Å². The molecule has 0 spiro atoms. The van der Waals surface area contributed by atoms with Gasteiger partial charge in [-0.2, -0.15) is 0 Å². The van der Waals surface area contributed by atoms with Gasteiger partial charge in [0.1, 0.15) is 0 Å². The van der Waals surface area contributed by atoms with Crippen molar-refractivity contribution in [3.63, 3.8) is 0 Å². The molecule has 2 rings (SSSR count). The van der Waals surface area contributed by atoms with Crippen LogP contribution in [0, 0.1) is 12.3 Å². The summed E-state index contributed by atoms with van der Waals surface area (Å²) in [5, 5.41) is 0. The van der Waals surface area contributed by atoms with Crippen LogP contribution in [-0.2, 0) is 5.41 Å². The molecule has 0 N–H and O–H groups in total. The molecule has 1 saturated carbocycles. The first-order valence-corrected chi connectivity index (χ1v) is 3.38. The van der Waals surface area contributed by atoms with Gasteiger partial charge in [-0.1, -0.05) is 5.92 Å². The summed E-state index contributed by atoms with van der Waals surface area (Å²) in [6.45, 7) is 0. The van der Waals surface area contributed by atoms with Crippen LogP contribution in [-0.4, -0.2) is 0 Å². The Morgan fingerprint density at radius 2 is 2.40 bits per heavy atom. The van der Waals surface area contributed by atoms with Crippen LogP contribution in [0.5, 0.6) is 0 Å². The molecule has 1 aromatic rings. The van der Waals surface area contributed by atoms with Gasteiger partial charge in [-0.25, -0.2) is 0 Å². The van der Waals surface area contributed by atoms with E-state index in [1.807, 2.05) is 6.07 Å². The molecule has 0 unspecified atom stereocenters. The number of furan rings is 1. The average molecular weight is 132 g/mol. The number of terminal acetylenes is 1. The second-order valence-corrected chi connectivity index (χ2v) is 2.74. The lowest BCUT2D eigenvalue weighted by Crippen LogP contribution is -1.98. The largest absolute Gasteiger partial charge is 0.472 e. The van der Waals surface area contributed by atoms with E-state index in [4.69, 9.17) is 10.8 Å². The minimum atomic E-state index is 0.0486. The molecular weight excluding hydrogens is 124 g/mol. The summed E-state index contributed by atoms with van der Waals surface area (Å²) in [5.74, 6) is 2.79. The van der Waals surface area contributed by atoms with Gasteiger partial charge in [0.05, 0.1) is 17.9 Å². The summed E-state index contributed by atoms with van der Waals surface area (Å²) >= 11 is 0. The number of hydrogen-bond donors (Lipinski definition) is 0. The van der Waals surface area contributed by atoms with E-state index in [9.17, 15) is 0 Å². The Morgan fingerprint density at radius 3 is 2.80 bits per heavy atom. The van der Waals surface area contributed by atoms with E-state index in [-0.39, 0.29) is 5.41 Å². The zero-order chi connectivity index (χ0) is 7.03. The van der Waals surface area contributed by atoms with Crippen LogP contribution in [0.1, 0.15) is 18.4 Å². The molecule has 0 bridgehead atoms. The summed E-state index contributed by atoms with van der Waals surface area (Å²) in [5.41, 5.74) is 1.21. The van der Waals surface area contributed by atoms with Crippen molar-refractivity contribution in [1.29, 1.82) is 0 Å². The van der Waals surface area contributed by atoms with Crippen molar-refractivity contribution in [3.05, 3.63) is 24.2 Å². The maximum atomic E-state index is 5.37. The molecule has 1 aliphatic carbocycles. The van der Waals surface area contributed by atoms with Gasteiger partial charge in [0.15, 0.2) is 0 Å². The van der Waals surface area contributed by atoms with Gasteiger partial charge in [-0.3, -0.25) is 0 Å². The van der Waals surface area contributed by atoms with Gasteiger partial charge in [0, 0.05) is 5.56 Å². The zero-order valence-corrected chi connectivity index (χ0v) is 5.63. The van der Waals surface area contributed by atoms with Crippen LogP contribution in [0.25, 0.3) is 0 Å². The molecule has 0 saturated heterocycles. The Hall–Kier alpha value is -1.16. The van der Waals surface area contributed by atoms with E-state index in [2.05, 4.69) is 5.92 Å². The van der Waals surface area contributed by atoms with Crippen LogP contribution in [0.15, 0.2) is 23.0 Å². The normalized spacial score (nSPS) is 19.9. The fraction of sp³-hybridized carbons (Fsp3) is 0.333. The Morgan fingerprint density at radius 1 is 1.60 bits per heavy atom. The van der Waals surface area contributed by atoms with Crippen LogP contribution in [0.3, 0.4) is 0 Å². The predicted octanol–water partition coefficient (Wildman–Crippen LogP) is 1.94. The highest BCUT2D eigenvalue weighted by atomic mass is 16.3. The van der Waals surface area contributed by atoms with Gasteiger partial charge in [-0.15, -0.1) is 6.42 Å². The van der Waals surface area contributed by atoms with Gasteiger partial charge < -0.3 is 4.42 Å². The van der Waals surface area contributed by atoms with E-state index in [1.165, 1.54) is 0 Å². The summed E-state index contributed by atoms with van der Waals surface area (Å²) in [7, 11) is 0. The van der Waals surface area contributed by atoms with Gasteiger partial charge in [0.25, 0.3) is 0 Å². The Labute approximate surface area is 60.0 Å². The minimum Gasteiger partial charge on any atom is -0.472 e. The van der Waals surface area contributed by atoms with Crippen molar-refractivity contribution in [2.24, 2.45) is 0 Å². The number of rotatable bonds is 1. The molecule has 0 atom stereocenters. The molecule has 50 valence electrons. The zero-order valence-electron chi connectivity index (χ0n) is 5.63. The molecule has 1 heterocycles. The Balaban J connectivity index is 2.38. The smallest absolute Gasteiger partial charge is 0.0949 e. The third kappa shape index (κ3) is 0.593. The molecule has 1 aromatic heterocycles. The highest BCUT2D eigenvalue weighted by Gasteiger charge is 2.43. The molecule has 1 nitrogen and oxygen atoms in total. The van der Waals surface area contributed by atoms with Crippen LogP contribution >= 0.6 is 0 Å². The first-order chi connectivity index (χ1) is 4.87. The third-order valence-electron chi connectivity index (χ3n) is 2.10. The van der Waals surface area contributed by atoms with Crippen molar-refractivity contribution in [2.75, 3.05) is 0 Å². The summed E-state index contributed by atoms with van der Waals surface area (Å²) in [6, 6.07) is 1.95. The molecule has 1 fully saturated rings. The maximum Gasteiger partial charge on any atom is 0.0949 e. The first kappa shape index (κ1) is 5.61. The average Bonchev–Trinajstić information content (AvgIpc) is 2.58. The third-order valence-corrected chi connectivity index (χ3v) is 2.10. The van der Waals surface area contributed by atoms with Crippen molar-refractivity contribution in [3.8, 4) is 12.3 Å². The number of hydrogen-bond acceptors (Lipinski definition) is 1. The molecule has 0 amide bonds. The minimum absolute atomic E-state index is 0.0486. The van der Waals surface area contributed by atoms with E-state index in [0.29, 0.717) is 0 Å². The maximum absolute atomic E-state index is 5.37. The molecule has 0 aromatic carbocycles. The van der Waals surface area contributed by atoms with Gasteiger partial charge in [-0.05, 0) is 18.9 Å². The van der Waals surface area contributed by atoms with Crippen molar-refractivity contribution < 1.29 is 4.42 Å². The van der Waals surface area contributed by atoms with Crippen LogP contribution in [0.2, 0.25) is 0 Å². The molecule has 1 heteroatoms. The van der Waals surface area contributed by atoms with Gasteiger partial charge >= 0.3 is 0 Å². The highest BCUT2D eigenvalue weighted by Crippen LogP contribution is 2.47. The monoisotopic (exact) mass is 132 g/mol. The summed E-state index contributed by atoms with van der Waals surface area (Å²) in [4.78, 5) is 0. The van der Waals surface area contributed by atoms with E-state index < -0.39 is 0 Å². The van der Waals surface area contributed by atoms with Crippen molar-refractivity contribution >= 4 is 0 Å². The van der Waals surface area contributed by atoms with Crippen LogP contribution < -0.4 is 0 Å². The lowest BCUT2D eigenvalue weighted by molar-refractivity contribution is 0.562. The standard InChI is InChI=1S/C9H8O/c1-2-9(4-5-9)8-3-6-10-7-8/h1,3,6-7H,4-5H2. The second kappa shape index (κ2) is 1.67. The predicted molar refractivity (Wildman–Crippen MR) is 38.5 cm³/mol. The fourth-order valence-corrected chi connectivity index (χ4v) is 1.18. The molecule has 1 aliphatic rings. The molecule has 0 aliphatic heterocycles. The lowest BCUT2D eigenvalue weighted by atomic mass is 10.0. The van der Waals surface area contributed by atoms with E-state index >= 15 is 0 Å². The second-order valence-electron chi connectivity index (χ2n) is 2.74. The Bertz CT molecular complexity index is 259. The van der Waals surface area contributed by atoms with Crippen molar-refractivity contribution in [1.82, 2.24) is 0 Å². The molecule has 0 radical (unpaired) electrons. The lowest BCUT2D eigenvalue weighted by Gasteiger charge is -1.99. The van der Waals surface area contributed by atoms with Gasteiger partial charge in [0.2, 0.25) is 0 Å². The first-order valence-electron chi connectivity index (χ1n) is 3.38. The van der Waals surface area contributed by atoms with Crippen molar-refractivity contribution in [2.45, 2.75) is 18.3 Å². The Kier molecular flexibility index (Phi) is 0.935. The SMILES string of the molecule is C#CC1(c2ccoc2)CC1. The topological polar surface area (TPSA) is 13.1 Å². The summed E-state index contributed by atoms with van der Waals surface area (Å²) < 4.78 is 4.95.